The Morgan fingerprint density at radius 1 is 0.457 bits per heavy atom. The number of rotatable bonds is 50. The van der Waals surface area contributed by atoms with Crippen molar-refractivity contribution in [1.29, 1.82) is 0 Å². The molecule has 2 atom stereocenters. The van der Waals surface area contributed by atoms with Crippen LogP contribution in [0.3, 0.4) is 0 Å². The number of phosphoric ester groups is 1. The number of esters is 2. The summed E-state index contributed by atoms with van der Waals surface area (Å²) in [5.41, 5.74) is 0. The molecule has 0 heterocycles. The predicted molar refractivity (Wildman–Crippen MR) is 295 cm³/mol. The van der Waals surface area contributed by atoms with E-state index in [1.165, 1.54) is 77.0 Å². The first-order chi connectivity index (χ1) is 34.0. The Bertz CT molecular complexity index is 1500. The highest BCUT2D eigenvalue weighted by Crippen LogP contribution is 2.38. The molecule has 0 aliphatic rings. The van der Waals surface area contributed by atoms with E-state index >= 15 is 0 Å². The molecule has 0 fully saturated rings. The maximum absolute atomic E-state index is 12.8. The van der Waals surface area contributed by atoms with Crippen molar-refractivity contribution in [3.8, 4) is 0 Å². The summed E-state index contributed by atoms with van der Waals surface area (Å²) in [4.78, 5) is 37.8. The van der Waals surface area contributed by atoms with Gasteiger partial charge in [0.15, 0.2) is 6.10 Å². The van der Waals surface area contributed by atoms with Gasteiger partial charge in [0.25, 0.3) is 7.82 Å². The quantitative estimate of drug-likeness (QED) is 0.0195. The van der Waals surface area contributed by atoms with Crippen LogP contribution in [-0.4, -0.2) is 70.0 Å². The minimum absolute atomic E-state index is 0.0408. The van der Waals surface area contributed by atoms with Crippen molar-refractivity contribution >= 4 is 19.8 Å². The van der Waals surface area contributed by atoms with Crippen LogP contribution in [0, 0.1) is 0 Å². The number of phosphoric acid groups is 1. The summed E-state index contributed by atoms with van der Waals surface area (Å²) in [6.07, 6.45) is 68.7. The van der Waals surface area contributed by atoms with Gasteiger partial charge in [-0.3, -0.25) is 14.2 Å². The molecule has 9 nitrogen and oxygen atoms in total. The molecule has 0 aromatic carbocycles. The monoisotopic (exact) mass is 998 g/mol. The molecule has 0 bridgehead atoms. The van der Waals surface area contributed by atoms with Crippen molar-refractivity contribution in [1.82, 2.24) is 0 Å². The number of allylic oxidation sites excluding steroid dienone is 16. The zero-order valence-electron chi connectivity index (χ0n) is 45.4. The molecule has 70 heavy (non-hydrogen) atoms. The van der Waals surface area contributed by atoms with Crippen molar-refractivity contribution in [2.24, 2.45) is 0 Å². The predicted octanol–water partition coefficient (Wildman–Crippen LogP) is 16.6. The average molecular weight is 998 g/mol. The SMILES string of the molecule is CC/C=C\C/C=C\C/C=C\C/C=C\C/C=C\CCCCCCCC(=O)OC(COC(=O)CCCCCCCCCCCC/C=C\C/C=C\C/C=C\CCCCCCC)COP(=O)([O-])OCC[N+](C)(C)C. The summed E-state index contributed by atoms with van der Waals surface area (Å²) in [6, 6.07) is 0. The van der Waals surface area contributed by atoms with Crippen LogP contribution in [0.2, 0.25) is 0 Å². The molecular formula is C60H104NO8P. The van der Waals surface area contributed by atoms with Gasteiger partial charge in [0.05, 0.1) is 27.7 Å². The first-order valence-corrected chi connectivity index (χ1v) is 29.4. The van der Waals surface area contributed by atoms with E-state index < -0.39 is 32.5 Å². The molecule has 0 spiro atoms. The molecule has 10 heteroatoms. The van der Waals surface area contributed by atoms with E-state index in [0.717, 1.165) is 109 Å². The molecule has 0 N–H and O–H groups in total. The van der Waals surface area contributed by atoms with Crippen molar-refractivity contribution in [3.05, 3.63) is 97.2 Å². The summed E-state index contributed by atoms with van der Waals surface area (Å²) >= 11 is 0. The second-order valence-corrected chi connectivity index (χ2v) is 21.0. The van der Waals surface area contributed by atoms with Crippen LogP contribution in [0.1, 0.15) is 219 Å². The zero-order valence-corrected chi connectivity index (χ0v) is 46.3. The summed E-state index contributed by atoms with van der Waals surface area (Å²) in [5.74, 6) is -0.864. The molecule has 0 aliphatic heterocycles. The smallest absolute Gasteiger partial charge is 0.306 e. The van der Waals surface area contributed by atoms with Crippen LogP contribution in [-0.2, 0) is 32.7 Å². The van der Waals surface area contributed by atoms with Gasteiger partial charge in [-0.05, 0) is 96.3 Å². The third-order valence-electron chi connectivity index (χ3n) is 11.6. The van der Waals surface area contributed by atoms with Crippen molar-refractivity contribution in [2.45, 2.75) is 225 Å². The largest absolute Gasteiger partial charge is 0.756 e. The Labute approximate surface area is 430 Å². The summed E-state index contributed by atoms with van der Waals surface area (Å²) in [7, 11) is 1.14. The van der Waals surface area contributed by atoms with E-state index in [1.54, 1.807) is 0 Å². The summed E-state index contributed by atoms with van der Waals surface area (Å²) in [5, 5.41) is 0. The van der Waals surface area contributed by atoms with Crippen LogP contribution in [0.15, 0.2) is 97.2 Å². The molecular weight excluding hydrogens is 894 g/mol. The van der Waals surface area contributed by atoms with Gasteiger partial charge in [0, 0.05) is 12.8 Å². The lowest BCUT2D eigenvalue weighted by Crippen LogP contribution is -2.37. The molecule has 0 rings (SSSR count). The number of hydrogen-bond acceptors (Lipinski definition) is 8. The Hall–Kier alpha value is -3.07. The van der Waals surface area contributed by atoms with E-state index in [1.807, 2.05) is 21.1 Å². The van der Waals surface area contributed by atoms with Crippen molar-refractivity contribution < 1.29 is 42.1 Å². The minimum Gasteiger partial charge on any atom is -0.756 e. The number of hydrogen-bond donors (Lipinski definition) is 0. The maximum Gasteiger partial charge on any atom is 0.306 e. The average Bonchev–Trinajstić information content (AvgIpc) is 3.32. The van der Waals surface area contributed by atoms with Crippen LogP contribution in [0.5, 0.6) is 0 Å². The summed E-state index contributed by atoms with van der Waals surface area (Å²) in [6.45, 7) is 4.08. The van der Waals surface area contributed by atoms with Gasteiger partial charge in [-0.25, -0.2) is 0 Å². The normalized spacial score (nSPS) is 14.1. The number of likely N-dealkylation sites (N-methyl/N-ethyl adjacent to an activating group) is 1. The molecule has 0 aromatic heterocycles. The molecule has 2 unspecified atom stereocenters. The van der Waals surface area contributed by atoms with E-state index in [-0.39, 0.29) is 26.1 Å². The molecule has 0 radical (unpaired) electrons. The van der Waals surface area contributed by atoms with E-state index in [9.17, 15) is 19.0 Å². The lowest BCUT2D eigenvalue weighted by atomic mass is 10.1. The zero-order chi connectivity index (χ0) is 51.3. The highest BCUT2D eigenvalue weighted by molar-refractivity contribution is 7.45. The van der Waals surface area contributed by atoms with E-state index in [0.29, 0.717) is 17.4 Å². The second-order valence-electron chi connectivity index (χ2n) is 19.6. The van der Waals surface area contributed by atoms with Gasteiger partial charge in [-0.15, -0.1) is 0 Å². The second kappa shape index (κ2) is 50.9. The van der Waals surface area contributed by atoms with Crippen LogP contribution in [0.25, 0.3) is 0 Å². The lowest BCUT2D eigenvalue weighted by molar-refractivity contribution is -0.870. The van der Waals surface area contributed by atoms with E-state index in [2.05, 4.69) is 111 Å². The number of nitrogens with zero attached hydrogens (tertiary/aromatic N) is 1. The number of ether oxygens (including phenoxy) is 2. The van der Waals surface area contributed by atoms with Crippen LogP contribution < -0.4 is 4.89 Å². The van der Waals surface area contributed by atoms with Gasteiger partial charge in [-0.1, -0.05) is 207 Å². The number of carbonyl (C=O) groups excluding carboxylic acids is 2. The Kier molecular flexibility index (Phi) is 48.6. The van der Waals surface area contributed by atoms with E-state index in [4.69, 9.17) is 18.5 Å². The Balaban J connectivity index is 4.26. The Morgan fingerprint density at radius 3 is 1.21 bits per heavy atom. The standard InChI is InChI=1S/C60H104NO8P/c1-6-8-10-12-14-16-18-20-22-24-26-28-29-30-31-33-34-36-38-40-42-44-46-48-50-52-59(62)66-56-58(57-68-70(64,65)67-55-54-61(3,4)5)69-60(63)53-51-49-47-45-43-41-39-37-35-32-27-25-23-21-19-17-15-13-11-9-7-2/h9,11,15,17-18,20-21,23-24,26-27,29-30,32,37,39,58H,6-8,10,12-14,16,19,22,25,28,31,33-36,38,40-57H2,1-5H3/b11-9-,17-15-,20-18-,23-21-,26-24-,30-29-,32-27-,39-37-. The molecule has 0 saturated carbocycles. The fourth-order valence-corrected chi connectivity index (χ4v) is 8.01. The molecule has 0 aromatic rings. The molecule has 402 valence electrons. The third-order valence-corrected chi connectivity index (χ3v) is 12.6. The summed E-state index contributed by atoms with van der Waals surface area (Å²) < 4.78 is 34.1. The fraction of sp³-hybridized carbons (Fsp3) is 0.700. The number of carbonyl (C=O) groups is 2. The van der Waals surface area contributed by atoms with Gasteiger partial charge in [0.2, 0.25) is 0 Å². The third kappa shape index (κ3) is 54.3. The first kappa shape index (κ1) is 66.9. The van der Waals surface area contributed by atoms with Crippen LogP contribution >= 0.6 is 7.82 Å². The van der Waals surface area contributed by atoms with Crippen molar-refractivity contribution in [2.75, 3.05) is 47.5 Å². The molecule has 0 amide bonds. The molecule has 0 aliphatic carbocycles. The van der Waals surface area contributed by atoms with Gasteiger partial charge in [-0.2, -0.15) is 0 Å². The van der Waals surface area contributed by atoms with Crippen LogP contribution in [0.4, 0.5) is 0 Å². The van der Waals surface area contributed by atoms with Gasteiger partial charge >= 0.3 is 11.9 Å². The number of unbranched alkanes of at least 4 members (excludes halogenated alkanes) is 20. The van der Waals surface area contributed by atoms with Gasteiger partial charge < -0.3 is 27.9 Å². The van der Waals surface area contributed by atoms with Gasteiger partial charge in [0.1, 0.15) is 19.8 Å². The highest BCUT2D eigenvalue weighted by Gasteiger charge is 2.21. The van der Waals surface area contributed by atoms with Crippen molar-refractivity contribution in [3.63, 3.8) is 0 Å². The fourth-order valence-electron chi connectivity index (χ4n) is 7.28. The minimum atomic E-state index is -4.65. The molecule has 0 saturated heterocycles. The topological polar surface area (TPSA) is 111 Å². The highest BCUT2D eigenvalue weighted by atomic mass is 31.2. The lowest BCUT2D eigenvalue weighted by Gasteiger charge is -2.28. The first-order valence-electron chi connectivity index (χ1n) is 27.9. The number of quaternary nitrogens is 1. The maximum atomic E-state index is 12.8. The Morgan fingerprint density at radius 2 is 0.814 bits per heavy atom.